The molecular formula is C17H15F3N2O5. The summed E-state index contributed by atoms with van der Waals surface area (Å²) in [7, 11) is 1.28. The molecule has 2 aromatic carbocycles. The van der Waals surface area contributed by atoms with E-state index in [1.54, 1.807) is 6.92 Å². The van der Waals surface area contributed by atoms with Gasteiger partial charge in [-0.3, -0.25) is 14.9 Å². The number of hydrogen-bond acceptors (Lipinski definition) is 5. The van der Waals surface area contributed by atoms with Crippen molar-refractivity contribution in [2.45, 2.75) is 13.1 Å². The molecule has 27 heavy (non-hydrogen) atoms. The molecule has 0 atom stereocenters. The van der Waals surface area contributed by atoms with Gasteiger partial charge in [0.1, 0.15) is 5.56 Å². The van der Waals surface area contributed by atoms with Crippen LogP contribution in [0.3, 0.4) is 0 Å². The summed E-state index contributed by atoms with van der Waals surface area (Å²) < 4.78 is 48.7. The molecule has 0 aliphatic rings. The molecule has 10 heteroatoms. The maximum absolute atomic E-state index is 12.8. The first-order valence-corrected chi connectivity index (χ1v) is 7.65. The molecule has 0 heterocycles. The summed E-state index contributed by atoms with van der Waals surface area (Å²) in [5, 5.41) is 13.5. The van der Waals surface area contributed by atoms with Gasteiger partial charge in [0.15, 0.2) is 11.5 Å². The Bertz CT molecular complexity index is 868. The van der Waals surface area contributed by atoms with Gasteiger partial charge in [0.25, 0.3) is 11.6 Å². The summed E-state index contributed by atoms with van der Waals surface area (Å²) in [6, 6.07) is 6.07. The second kappa shape index (κ2) is 7.94. The van der Waals surface area contributed by atoms with Crippen LogP contribution in [-0.2, 0) is 6.18 Å². The van der Waals surface area contributed by atoms with Gasteiger partial charge in [0.05, 0.1) is 30.3 Å². The predicted molar refractivity (Wildman–Crippen MR) is 90.2 cm³/mol. The molecule has 144 valence electrons. The van der Waals surface area contributed by atoms with Crippen molar-refractivity contribution in [2.24, 2.45) is 0 Å². The van der Waals surface area contributed by atoms with Crippen molar-refractivity contribution in [3.8, 4) is 11.5 Å². The van der Waals surface area contributed by atoms with Crippen LogP contribution in [0, 0.1) is 10.1 Å². The van der Waals surface area contributed by atoms with E-state index in [0.717, 1.165) is 30.3 Å². The van der Waals surface area contributed by atoms with E-state index in [-0.39, 0.29) is 29.4 Å². The SMILES string of the molecule is CCOc1cc(C(=O)Nc2cccc(C(F)(F)F)c2)c([N+](=O)[O-])cc1OC. The minimum atomic E-state index is -4.59. The average Bonchev–Trinajstić information content (AvgIpc) is 2.61. The normalized spacial score (nSPS) is 11.0. The topological polar surface area (TPSA) is 90.7 Å². The van der Waals surface area contributed by atoms with Crippen molar-refractivity contribution in [1.29, 1.82) is 0 Å². The van der Waals surface area contributed by atoms with Crippen LogP contribution in [0.15, 0.2) is 36.4 Å². The fraction of sp³-hybridized carbons (Fsp3) is 0.235. The molecule has 0 aliphatic heterocycles. The Labute approximate surface area is 151 Å². The number of methoxy groups -OCH3 is 1. The van der Waals surface area contributed by atoms with Crippen molar-refractivity contribution in [3.05, 3.63) is 57.6 Å². The van der Waals surface area contributed by atoms with Gasteiger partial charge in [0.2, 0.25) is 0 Å². The first-order valence-electron chi connectivity index (χ1n) is 7.65. The average molecular weight is 384 g/mol. The molecule has 1 N–H and O–H groups in total. The summed E-state index contributed by atoms with van der Waals surface area (Å²) in [4.78, 5) is 23.0. The van der Waals surface area contributed by atoms with E-state index in [4.69, 9.17) is 9.47 Å². The van der Waals surface area contributed by atoms with Gasteiger partial charge in [-0.1, -0.05) is 6.07 Å². The van der Waals surface area contributed by atoms with E-state index in [0.29, 0.717) is 0 Å². The number of nitrogens with zero attached hydrogens (tertiary/aromatic N) is 1. The predicted octanol–water partition coefficient (Wildman–Crippen LogP) is 4.27. The van der Waals surface area contributed by atoms with Gasteiger partial charge in [0, 0.05) is 11.8 Å². The second-order valence-corrected chi connectivity index (χ2v) is 5.24. The Hall–Kier alpha value is -3.30. The Morgan fingerprint density at radius 2 is 1.93 bits per heavy atom. The van der Waals surface area contributed by atoms with Crippen molar-refractivity contribution in [3.63, 3.8) is 0 Å². The lowest BCUT2D eigenvalue weighted by Gasteiger charge is -2.13. The quantitative estimate of drug-likeness (QED) is 0.593. The Kier molecular flexibility index (Phi) is 5.88. The summed E-state index contributed by atoms with van der Waals surface area (Å²) in [5.74, 6) is -0.802. The highest BCUT2D eigenvalue weighted by atomic mass is 19.4. The number of halogens is 3. The molecule has 2 rings (SSSR count). The van der Waals surface area contributed by atoms with E-state index in [2.05, 4.69) is 5.32 Å². The first kappa shape index (κ1) is 20.0. The molecule has 0 saturated carbocycles. The van der Waals surface area contributed by atoms with Crippen molar-refractivity contribution in [1.82, 2.24) is 0 Å². The number of alkyl halides is 3. The number of benzene rings is 2. The molecular weight excluding hydrogens is 369 g/mol. The highest BCUT2D eigenvalue weighted by Crippen LogP contribution is 2.35. The van der Waals surface area contributed by atoms with Crippen molar-refractivity contribution >= 4 is 17.3 Å². The standard InChI is InChI=1S/C17H15F3N2O5/c1-3-27-15-8-12(13(22(24)25)9-14(15)26-2)16(23)21-11-6-4-5-10(7-11)17(18,19)20/h4-9H,3H2,1-2H3,(H,21,23). The maximum Gasteiger partial charge on any atom is 0.416 e. The van der Waals surface area contributed by atoms with Crippen LogP contribution in [0.5, 0.6) is 11.5 Å². The Balaban J connectivity index is 2.43. The number of hydrogen-bond donors (Lipinski definition) is 1. The third-order valence-electron chi connectivity index (χ3n) is 3.47. The molecule has 0 saturated heterocycles. The first-order chi connectivity index (χ1) is 12.7. The third-order valence-corrected chi connectivity index (χ3v) is 3.47. The smallest absolute Gasteiger partial charge is 0.416 e. The van der Waals surface area contributed by atoms with Crippen LogP contribution in [-0.4, -0.2) is 24.5 Å². The number of ether oxygens (including phenoxy) is 2. The van der Waals surface area contributed by atoms with Crippen LogP contribution < -0.4 is 14.8 Å². The molecule has 0 unspecified atom stereocenters. The molecule has 2 aromatic rings. The summed E-state index contributed by atoms with van der Waals surface area (Å²) in [6.45, 7) is 1.88. The summed E-state index contributed by atoms with van der Waals surface area (Å²) in [5.41, 5.74) is -2.06. The summed E-state index contributed by atoms with van der Waals surface area (Å²) in [6.07, 6.45) is -4.59. The third kappa shape index (κ3) is 4.66. The van der Waals surface area contributed by atoms with Crippen molar-refractivity contribution in [2.75, 3.05) is 19.0 Å². The van der Waals surface area contributed by atoms with Gasteiger partial charge in [-0.2, -0.15) is 13.2 Å². The second-order valence-electron chi connectivity index (χ2n) is 5.24. The van der Waals surface area contributed by atoms with E-state index < -0.39 is 28.3 Å². The van der Waals surface area contributed by atoms with Crippen LogP contribution in [0.4, 0.5) is 24.5 Å². The molecule has 1 amide bonds. The van der Waals surface area contributed by atoms with Gasteiger partial charge in [-0.05, 0) is 25.1 Å². The van der Waals surface area contributed by atoms with Crippen LogP contribution in [0.1, 0.15) is 22.8 Å². The fourth-order valence-corrected chi connectivity index (χ4v) is 2.28. The number of amides is 1. The number of nitrogens with one attached hydrogen (secondary N) is 1. The van der Waals surface area contributed by atoms with Gasteiger partial charge < -0.3 is 14.8 Å². The highest BCUT2D eigenvalue weighted by molar-refractivity contribution is 6.07. The van der Waals surface area contributed by atoms with Crippen LogP contribution in [0.2, 0.25) is 0 Å². The van der Waals surface area contributed by atoms with Crippen LogP contribution >= 0.6 is 0 Å². The fourth-order valence-electron chi connectivity index (χ4n) is 2.28. The Morgan fingerprint density at radius 3 is 2.48 bits per heavy atom. The zero-order valence-corrected chi connectivity index (χ0v) is 14.3. The molecule has 0 spiro atoms. The number of carbonyl (C=O) groups excluding carboxylic acids is 1. The molecule has 7 nitrogen and oxygen atoms in total. The summed E-state index contributed by atoms with van der Waals surface area (Å²) >= 11 is 0. The zero-order chi connectivity index (χ0) is 20.2. The Morgan fingerprint density at radius 1 is 1.22 bits per heavy atom. The molecule has 0 fully saturated rings. The van der Waals surface area contributed by atoms with E-state index in [1.165, 1.54) is 13.2 Å². The molecule has 0 radical (unpaired) electrons. The number of nitro benzene ring substituents is 1. The van der Waals surface area contributed by atoms with Gasteiger partial charge in [-0.15, -0.1) is 0 Å². The van der Waals surface area contributed by atoms with E-state index >= 15 is 0 Å². The lowest BCUT2D eigenvalue weighted by Crippen LogP contribution is -2.15. The monoisotopic (exact) mass is 384 g/mol. The minimum absolute atomic E-state index is 0.0548. The van der Waals surface area contributed by atoms with Crippen LogP contribution in [0.25, 0.3) is 0 Å². The van der Waals surface area contributed by atoms with E-state index in [1.807, 2.05) is 0 Å². The minimum Gasteiger partial charge on any atom is -0.493 e. The lowest BCUT2D eigenvalue weighted by molar-refractivity contribution is -0.385. The van der Waals surface area contributed by atoms with Gasteiger partial charge >= 0.3 is 6.18 Å². The maximum atomic E-state index is 12.8. The number of nitro groups is 1. The highest BCUT2D eigenvalue weighted by Gasteiger charge is 2.31. The van der Waals surface area contributed by atoms with E-state index in [9.17, 15) is 28.1 Å². The largest absolute Gasteiger partial charge is 0.493 e. The number of carbonyl (C=O) groups is 1. The molecule has 0 aromatic heterocycles. The molecule has 0 aliphatic carbocycles. The molecule has 0 bridgehead atoms. The number of rotatable bonds is 6. The zero-order valence-electron chi connectivity index (χ0n) is 14.3. The lowest BCUT2D eigenvalue weighted by atomic mass is 10.1. The van der Waals surface area contributed by atoms with Crippen molar-refractivity contribution < 1.29 is 32.4 Å². The number of anilines is 1. The van der Waals surface area contributed by atoms with Gasteiger partial charge in [-0.25, -0.2) is 0 Å².